The summed E-state index contributed by atoms with van der Waals surface area (Å²) in [6.45, 7) is 1.37. The molecule has 0 heterocycles. The molecule has 1 rings (SSSR count). The van der Waals surface area contributed by atoms with Gasteiger partial charge in [0, 0.05) is 6.54 Å². The highest BCUT2D eigenvalue weighted by Gasteiger charge is 2.63. The van der Waals surface area contributed by atoms with Crippen molar-refractivity contribution in [1.29, 1.82) is 0 Å². The number of alkyl halides is 3. The van der Waals surface area contributed by atoms with Crippen LogP contribution in [0.25, 0.3) is 0 Å². The number of hydrogen-bond acceptors (Lipinski definition) is 2. The molecule has 0 bridgehead atoms. The third kappa shape index (κ3) is 2.30. The fourth-order valence-corrected chi connectivity index (χ4v) is 1.13. The van der Waals surface area contributed by atoms with E-state index >= 15 is 0 Å². The molecule has 0 saturated heterocycles. The summed E-state index contributed by atoms with van der Waals surface area (Å²) in [5.74, 6) is 0. The molecule has 1 N–H and O–H groups in total. The molecule has 3 nitrogen and oxygen atoms in total. The zero-order valence-electron chi connectivity index (χ0n) is 7.78. The lowest BCUT2D eigenvalue weighted by Crippen LogP contribution is -2.38. The van der Waals surface area contributed by atoms with Crippen molar-refractivity contribution in [3.05, 3.63) is 0 Å². The molecule has 6 heteroatoms. The Labute approximate surface area is 79.6 Å². The van der Waals surface area contributed by atoms with Crippen LogP contribution in [-0.4, -0.2) is 25.4 Å². The highest BCUT2D eigenvalue weighted by Crippen LogP contribution is 2.56. The minimum atomic E-state index is -4.23. The monoisotopic (exact) mass is 211 g/mol. The third-order valence-electron chi connectivity index (χ3n) is 2.30. The fraction of sp³-hybridized carbons (Fsp3) is 0.875. The Hall–Kier alpha value is -0.940. The topological polar surface area (TPSA) is 38.3 Å². The minimum absolute atomic E-state index is 0.0862. The molecule has 0 atom stereocenters. The lowest BCUT2D eigenvalue weighted by Gasteiger charge is -2.19. The normalized spacial score (nSPS) is 18.9. The van der Waals surface area contributed by atoms with Crippen molar-refractivity contribution in [3.63, 3.8) is 0 Å². The van der Waals surface area contributed by atoms with Crippen LogP contribution in [0, 0.1) is 5.41 Å². The first-order valence-corrected chi connectivity index (χ1v) is 4.39. The van der Waals surface area contributed by atoms with Crippen molar-refractivity contribution in [2.45, 2.75) is 25.9 Å². The van der Waals surface area contributed by atoms with Crippen LogP contribution in [0.5, 0.6) is 0 Å². The number of alkyl carbamates (subject to hydrolysis) is 1. The van der Waals surface area contributed by atoms with Crippen LogP contribution < -0.4 is 5.32 Å². The summed E-state index contributed by atoms with van der Waals surface area (Å²) in [5.41, 5.74) is -1.69. The van der Waals surface area contributed by atoms with E-state index in [9.17, 15) is 18.0 Å². The van der Waals surface area contributed by atoms with Gasteiger partial charge in [-0.15, -0.1) is 0 Å². The molecule has 0 aromatic heterocycles. The van der Waals surface area contributed by atoms with Gasteiger partial charge in [0.1, 0.15) is 0 Å². The van der Waals surface area contributed by atoms with Gasteiger partial charge >= 0.3 is 12.3 Å². The number of carbonyl (C=O) groups is 1. The Morgan fingerprint density at radius 2 is 2.07 bits per heavy atom. The van der Waals surface area contributed by atoms with Gasteiger partial charge in [-0.2, -0.15) is 13.2 Å². The van der Waals surface area contributed by atoms with Crippen molar-refractivity contribution in [2.24, 2.45) is 5.41 Å². The van der Waals surface area contributed by atoms with E-state index in [0.717, 1.165) is 0 Å². The van der Waals surface area contributed by atoms with Gasteiger partial charge in [0.2, 0.25) is 0 Å². The average molecular weight is 211 g/mol. The molecule has 1 amide bonds. The van der Waals surface area contributed by atoms with Crippen LogP contribution in [-0.2, 0) is 4.74 Å². The maximum absolute atomic E-state index is 12.3. The van der Waals surface area contributed by atoms with Gasteiger partial charge in [-0.25, -0.2) is 4.79 Å². The molecule has 1 fully saturated rings. The van der Waals surface area contributed by atoms with E-state index in [0.29, 0.717) is 0 Å². The van der Waals surface area contributed by atoms with Crippen molar-refractivity contribution >= 4 is 6.09 Å². The molecule has 1 aliphatic rings. The molecule has 0 aromatic rings. The lowest BCUT2D eigenvalue weighted by molar-refractivity contribution is -0.185. The summed E-state index contributed by atoms with van der Waals surface area (Å²) < 4.78 is 41.5. The summed E-state index contributed by atoms with van der Waals surface area (Å²) >= 11 is 0. The van der Waals surface area contributed by atoms with Gasteiger partial charge in [0.25, 0.3) is 0 Å². The molecule has 0 unspecified atom stereocenters. The number of ether oxygens (including phenoxy) is 1. The first kappa shape index (κ1) is 11.1. The lowest BCUT2D eigenvalue weighted by atomic mass is 10.1. The van der Waals surface area contributed by atoms with Crippen molar-refractivity contribution in [2.75, 3.05) is 13.2 Å². The molecule has 14 heavy (non-hydrogen) atoms. The predicted molar refractivity (Wildman–Crippen MR) is 42.7 cm³/mol. The van der Waals surface area contributed by atoms with Crippen LogP contribution in [0.4, 0.5) is 18.0 Å². The molecule has 82 valence electrons. The molecule has 0 spiro atoms. The Bertz CT molecular complexity index is 223. The highest BCUT2D eigenvalue weighted by molar-refractivity contribution is 5.67. The van der Waals surface area contributed by atoms with Crippen molar-refractivity contribution < 1.29 is 22.7 Å². The second-order valence-electron chi connectivity index (χ2n) is 3.35. The quantitative estimate of drug-likeness (QED) is 0.776. The standard InChI is InChI=1S/C8H12F3NO2/c1-2-14-6(13)12-5-7(3-4-7)8(9,10)11/h2-5H2,1H3,(H,12,13). The van der Waals surface area contributed by atoms with Gasteiger partial charge in [-0.05, 0) is 19.8 Å². The predicted octanol–water partition coefficient (Wildman–Crippen LogP) is 2.08. The van der Waals surface area contributed by atoms with Gasteiger partial charge in [0.15, 0.2) is 0 Å². The number of amides is 1. The number of hydrogen-bond donors (Lipinski definition) is 1. The molecule has 0 aliphatic heterocycles. The Morgan fingerprint density at radius 3 is 2.43 bits per heavy atom. The molecule has 0 aromatic carbocycles. The number of nitrogens with one attached hydrogen (secondary N) is 1. The summed E-state index contributed by atoms with van der Waals surface area (Å²) in [5, 5.41) is 2.11. The van der Waals surface area contributed by atoms with Crippen LogP contribution in [0.1, 0.15) is 19.8 Å². The zero-order chi connectivity index (χ0) is 10.8. The summed E-state index contributed by atoms with van der Waals surface area (Å²) in [6.07, 6.45) is -4.85. The van der Waals surface area contributed by atoms with E-state index < -0.39 is 17.7 Å². The molecule has 1 aliphatic carbocycles. The second-order valence-corrected chi connectivity index (χ2v) is 3.35. The number of halogens is 3. The van der Waals surface area contributed by atoms with E-state index in [1.54, 1.807) is 6.92 Å². The highest BCUT2D eigenvalue weighted by atomic mass is 19.4. The van der Waals surface area contributed by atoms with Gasteiger partial charge in [-0.3, -0.25) is 0 Å². The fourth-order valence-electron chi connectivity index (χ4n) is 1.13. The van der Waals surface area contributed by atoms with Gasteiger partial charge in [-0.1, -0.05) is 0 Å². The van der Waals surface area contributed by atoms with Crippen molar-refractivity contribution in [3.8, 4) is 0 Å². The SMILES string of the molecule is CCOC(=O)NCC1(C(F)(F)F)CC1. The Balaban J connectivity index is 2.35. The molecular formula is C8H12F3NO2. The average Bonchev–Trinajstić information content (AvgIpc) is 2.80. The van der Waals surface area contributed by atoms with E-state index in [2.05, 4.69) is 10.1 Å². The molecule has 1 saturated carbocycles. The third-order valence-corrected chi connectivity index (χ3v) is 2.30. The number of carbonyl (C=O) groups excluding carboxylic acids is 1. The van der Waals surface area contributed by atoms with Crippen LogP contribution >= 0.6 is 0 Å². The maximum Gasteiger partial charge on any atom is 0.407 e. The molecule has 0 radical (unpaired) electrons. The van der Waals surface area contributed by atoms with Crippen molar-refractivity contribution in [1.82, 2.24) is 5.32 Å². The first-order valence-electron chi connectivity index (χ1n) is 4.39. The smallest absolute Gasteiger partial charge is 0.407 e. The van der Waals surface area contributed by atoms with E-state index in [1.165, 1.54) is 0 Å². The number of rotatable bonds is 3. The Morgan fingerprint density at radius 1 is 1.50 bits per heavy atom. The van der Waals surface area contributed by atoms with E-state index in [1.807, 2.05) is 0 Å². The second kappa shape index (κ2) is 3.67. The van der Waals surface area contributed by atoms with E-state index in [-0.39, 0.29) is 26.0 Å². The minimum Gasteiger partial charge on any atom is -0.450 e. The summed E-state index contributed by atoms with van der Waals surface area (Å²) in [4.78, 5) is 10.7. The van der Waals surface area contributed by atoms with Gasteiger partial charge in [0.05, 0.1) is 12.0 Å². The van der Waals surface area contributed by atoms with Crippen LogP contribution in [0.15, 0.2) is 0 Å². The zero-order valence-corrected chi connectivity index (χ0v) is 7.78. The van der Waals surface area contributed by atoms with Crippen LogP contribution in [0.3, 0.4) is 0 Å². The summed E-state index contributed by atoms with van der Waals surface area (Å²) in [7, 11) is 0. The van der Waals surface area contributed by atoms with E-state index in [4.69, 9.17) is 0 Å². The first-order chi connectivity index (χ1) is 6.41. The van der Waals surface area contributed by atoms with Crippen LogP contribution in [0.2, 0.25) is 0 Å². The largest absolute Gasteiger partial charge is 0.450 e. The molecular weight excluding hydrogens is 199 g/mol. The summed E-state index contributed by atoms with van der Waals surface area (Å²) in [6, 6.07) is 0. The maximum atomic E-state index is 12.3. The Kier molecular flexibility index (Phi) is 2.92. The van der Waals surface area contributed by atoms with Gasteiger partial charge < -0.3 is 10.1 Å².